The van der Waals surface area contributed by atoms with Crippen molar-refractivity contribution in [1.82, 2.24) is 24.8 Å². The first kappa shape index (κ1) is 15.6. The van der Waals surface area contributed by atoms with Crippen LogP contribution in [0.4, 0.5) is 0 Å². The zero-order valence-electron chi connectivity index (χ0n) is 13.5. The molecule has 0 aliphatic carbocycles. The topological polar surface area (TPSA) is 56.0 Å². The Bertz CT molecular complexity index is 1240. The Hall–Kier alpha value is -2.64. The van der Waals surface area contributed by atoms with Crippen molar-refractivity contribution in [2.45, 2.75) is 6.42 Å². The van der Waals surface area contributed by atoms with Gasteiger partial charge in [0.25, 0.3) is 0 Å². The van der Waals surface area contributed by atoms with E-state index in [0.29, 0.717) is 5.82 Å². The van der Waals surface area contributed by atoms with E-state index >= 15 is 0 Å². The number of rotatable bonds is 3. The third kappa shape index (κ3) is 2.69. The van der Waals surface area contributed by atoms with Gasteiger partial charge in [-0.3, -0.25) is 4.98 Å². The van der Waals surface area contributed by atoms with Crippen molar-refractivity contribution >= 4 is 43.0 Å². The second-order valence-corrected chi connectivity index (χ2v) is 7.88. The molecular formula is C19H12BrN5S. The number of hydrogen-bond acceptors (Lipinski definition) is 5. The van der Waals surface area contributed by atoms with Crippen LogP contribution in [0.1, 0.15) is 10.6 Å². The van der Waals surface area contributed by atoms with Crippen LogP contribution in [0, 0.1) is 0 Å². The minimum Gasteiger partial charge on any atom is -0.263 e. The molecule has 0 saturated heterocycles. The van der Waals surface area contributed by atoms with E-state index in [1.54, 1.807) is 28.2 Å². The first-order valence-electron chi connectivity index (χ1n) is 8.06. The lowest BCUT2D eigenvalue weighted by Crippen LogP contribution is -1.94. The van der Waals surface area contributed by atoms with Gasteiger partial charge < -0.3 is 0 Å². The molecule has 126 valence electrons. The van der Waals surface area contributed by atoms with E-state index in [-0.39, 0.29) is 0 Å². The van der Waals surface area contributed by atoms with Gasteiger partial charge in [0.15, 0.2) is 5.82 Å². The van der Waals surface area contributed by atoms with Gasteiger partial charge in [0.1, 0.15) is 5.01 Å². The smallest absolute Gasteiger partial charge is 0.234 e. The van der Waals surface area contributed by atoms with Crippen LogP contribution in [0.5, 0.6) is 0 Å². The third-order valence-electron chi connectivity index (χ3n) is 4.22. The van der Waals surface area contributed by atoms with Gasteiger partial charge in [0.05, 0.1) is 0 Å². The monoisotopic (exact) mass is 421 g/mol. The van der Waals surface area contributed by atoms with E-state index in [1.165, 1.54) is 16.3 Å². The highest BCUT2D eigenvalue weighted by Crippen LogP contribution is 2.26. The largest absolute Gasteiger partial charge is 0.263 e. The molecule has 0 spiro atoms. The second kappa shape index (κ2) is 6.26. The summed E-state index contributed by atoms with van der Waals surface area (Å²) in [5.41, 5.74) is 2.15. The quantitative estimate of drug-likeness (QED) is 0.421. The maximum atomic E-state index is 4.75. The molecule has 7 heteroatoms. The van der Waals surface area contributed by atoms with Crippen LogP contribution in [0.3, 0.4) is 0 Å². The SMILES string of the molecule is Brc1cncc(-c2nnc3sc(Cc4cccc5ccccc45)nn23)c1. The van der Waals surface area contributed by atoms with Gasteiger partial charge in [-0.1, -0.05) is 53.8 Å². The standard InChI is InChI=1S/C19H12BrN5S/c20-15-8-14(10-21-11-15)18-22-23-19-25(18)24-17(26-19)9-13-6-3-5-12-4-1-2-7-16(12)13/h1-8,10-11H,9H2. The molecular weight excluding hydrogens is 410 g/mol. The fraction of sp³-hybridized carbons (Fsp3) is 0.0526. The fourth-order valence-electron chi connectivity index (χ4n) is 3.05. The van der Waals surface area contributed by atoms with Crippen LogP contribution >= 0.6 is 27.3 Å². The summed E-state index contributed by atoms with van der Waals surface area (Å²) in [5.74, 6) is 0.703. The number of benzene rings is 2. The molecule has 5 nitrogen and oxygen atoms in total. The Kier molecular flexibility index (Phi) is 3.76. The number of hydrogen-bond donors (Lipinski definition) is 0. The zero-order valence-corrected chi connectivity index (χ0v) is 15.9. The summed E-state index contributed by atoms with van der Waals surface area (Å²) in [7, 11) is 0. The van der Waals surface area contributed by atoms with E-state index in [4.69, 9.17) is 5.10 Å². The molecule has 0 unspecified atom stereocenters. The predicted octanol–water partition coefficient (Wildman–Crippen LogP) is 4.75. The van der Waals surface area contributed by atoms with Gasteiger partial charge in [-0.05, 0) is 38.3 Å². The Labute approximate surface area is 161 Å². The van der Waals surface area contributed by atoms with Crippen LogP contribution in [-0.2, 0) is 6.42 Å². The van der Waals surface area contributed by atoms with Gasteiger partial charge in [-0.2, -0.15) is 9.61 Å². The predicted molar refractivity (Wildman–Crippen MR) is 106 cm³/mol. The Morgan fingerprint density at radius 2 is 1.88 bits per heavy atom. The van der Waals surface area contributed by atoms with Crippen LogP contribution < -0.4 is 0 Å². The molecule has 3 heterocycles. The average Bonchev–Trinajstić information content (AvgIpc) is 3.22. The third-order valence-corrected chi connectivity index (χ3v) is 5.55. The van der Waals surface area contributed by atoms with Gasteiger partial charge in [0.2, 0.25) is 4.96 Å². The van der Waals surface area contributed by atoms with E-state index in [2.05, 4.69) is 73.6 Å². The van der Waals surface area contributed by atoms with Crippen LogP contribution in [0.25, 0.3) is 27.1 Å². The summed E-state index contributed by atoms with van der Waals surface area (Å²) >= 11 is 5.01. The van der Waals surface area contributed by atoms with Gasteiger partial charge in [0, 0.05) is 28.9 Å². The zero-order chi connectivity index (χ0) is 17.5. The maximum Gasteiger partial charge on any atom is 0.234 e. The lowest BCUT2D eigenvalue weighted by molar-refractivity contribution is 0.918. The number of fused-ring (bicyclic) bond motifs is 2. The molecule has 0 aliphatic heterocycles. The Morgan fingerprint density at radius 1 is 1.00 bits per heavy atom. The first-order valence-corrected chi connectivity index (χ1v) is 9.67. The maximum absolute atomic E-state index is 4.75. The number of aromatic nitrogens is 5. The van der Waals surface area contributed by atoms with Crippen molar-refractivity contribution in [3.63, 3.8) is 0 Å². The highest BCUT2D eigenvalue weighted by atomic mass is 79.9. The summed E-state index contributed by atoms with van der Waals surface area (Å²) in [6.45, 7) is 0. The number of nitrogens with zero attached hydrogens (tertiary/aromatic N) is 5. The van der Waals surface area contributed by atoms with E-state index in [1.807, 2.05) is 6.07 Å². The molecule has 5 rings (SSSR count). The lowest BCUT2D eigenvalue weighted by atomic mass is 10.0. The minimum absolute atomic E-state index is 0.703. The minimum atomic E-state index is 0.703. The fourth-order valence-corrected chi connectivity index (χ4v) is 4.27. The van der Waals surface area contributed by atoms with Crippen molar-refractivity contribution in [1.29, 1.82) is 0 Å². The molecule has 0 fully saturated rings. The molecule has 26 heavy (non-hydrogen) atoms. The van der Waals surface area contributed by atoms with E-state index in [0.717, 1.165) is 26.4 Å². The molecule has 0 bridgehead atoms. The van der Waals surface area contributed by atoms with Crippen molar-refractivity contribution in [3.05, 3.63) is 76.0 Å². The van der Waals surface area contributed by atoms with Crippen LogP contribution in [0.2, 0.25) is 0 Å². The number of halogens is 1. The van der Waals surface area contributed by atoms with Crippen LogP contribution in [-0.4, -0.2) is 24.8 Å². The summed E-state index contributed by atoms with van der Waals surface area (Å²) in [6.07, 6.45) is 4.28. The molecule has 0 aliphatic rings. The van der Waals surface area contributed by atoms with Crippen molar-refractivity contribution in [2.24, 2.45) is 0 Å². The normalized spacial score (nSPS) is 11.4. The number of pyridine rings is 1. The highest BCUT2D eigenvalue weighted by Gasteiger charge is 2.15. The molecule has 3 aromatic heterocycles. The van der Waals surface area contributed by atoms with Crippen LogP contribution in [0.15, 0.2) is 65.4 Å². The van der Waals surface area contributed by atoms with E-state index < -0.39 is 0 Å². The lowest BCUT2D eigenvalue weighted by Gasteiger charge is -2.04. The highest BCUT2D eigenvalue weighted by molar-refractivity contribution is 9.10. The summed E-state index contributed by atoms with van der Waals surface area (Å²) in [5, 5.41) is 16.8. The van der Waals surface area contributed by atoms with Crippen molar-refractivity contribution < 1.29 is 0 Å². The van der Waals surface area contributed by atoms with E-state index in [9.17, 15) is 0 Å². The molecule has 0 N–H and O–H groups in total. The first-order chi connectivity index (χ1) is 12.8. The molecule has 2 aromatic carbocycles. The Morgan fingerprint density at radius 3 is 2.81 bits per heavy atom. The average molecular weight is 422 g/mol. The summed E-state index contributed by atoms with van der Waals surface area (Å²) in [4.78, 5) is 4.99. The molecule has 0 saturated carbocycles. The van der Waals surface area contributed by atoms with Crippen molar-refractivity contribution in [2.75, 3.05) is 0 Å². The second-order valence-electron chi connectivity index (χ2n) is 5.92. The van der Waals surface area contributed by atoms with Crippen molar-refractivity contribution in [3.8, 4) is 11.4 Å². The molecule has 0 amide bonds. The van der Waals surface area contributed by atoms with Gasteiger partial charge in [-0.25, -0.2) is 0 Å². The Balaban J connectivity index is 1.56. The summed E-state index contributed by atoms with van der Waals surface area (Å²) in [6, 6.07) is 16.8. The molecule has 5 aromatic rings. The van der Waals surface area contributed by atoms with Gasteiger partial charge in [-0.15, -0.1) is 10.2 Å². The molecule has 0 atom stereocenters. The van der Waals surface area contributed by atoms with Gasteiger partial charge >= 0.3 is 0 Å². The molecule has 0 radical (unpaired) electrons. The summed E-state index contributed by atoms with van der Waals surface area (Å²) < 4.78 is 2.70.